The average molecular weight is 303 g/mol. The highest BCUT2D eigenvalue weighted by molar-refractivity contribution is 5.92. The number of amides is 1. The average Bonchev–Trinajstić information content (AvgIpc) is 2.55. The molecule has 1 saturated carbocycles. The summed E-state index contributed by atoms with van der Waals surface area (Å²) in [7, 11) is 2.26. The van der Waals surface area contributed by atoms with Crippen LogP contribution < -0.4 is 11.1 Å². The Hall–Kier alpha value is -1.39. The van der Waals surface area contributed by atoms with Gasteiger partial charge in [-0.25, -0.2) is 0 Å². The molecule has 1 aromatic rings. The van der Waals surface area contributed by atoms with Crippen molar-refractivity contribution in [2.45, 2.75) is 51.1 Å². The molecule has 3 N–H and O–H groups in total. The van der Waals surface area contributed by atoms with Gasteiger partial charge in [-0.1, -0.05) is 31.4 Å². The maximum absolute atomic E-state index is 11.2. The molecular formula is C18H29N3O. The lowest BCUT2D eigenvalue weighted by Crippen LogP contribution is -2.35. The molecule has 22 heavy (non-hydrogen) atoms. The van der Waals surface area contributed by atoms with Gasteiger partial charge >= 0.3 is 0 Å². The second-order valence-electron chi connectivity index (χ2n) is 6.37. The number of hydrogen-bond acceptors (Lipinski definition) is 3. The molecule has 0 radical (unpaired) electrons. The predicted molar refractivity (Wildman–Crippen MR) is 90.8 cm³/mol. The summed E-state index contributed by atoms with van der Waals surface area (Å²) in [5, 5.41) is 3.45. The van der Waals surface area contributed by atoms with Crippen LogP contribution in [0.4, 0.5) is 0 Å². The Balaban J connectivity index is 1.62. The molecule has 1 aromatic carbocycles. The van der Waals surface area contributed by atoms with Crippen molar-refractivity contribution in [2.24, 2.45) is 5.73 Å². The fourth-order valence-corrected chi connectivity index (χ4v) is 3.23. The summed E-state index contributed by atoms with van der Waals surface area (Å²) >= 11 is 0. The number of benzene rings is 1. The highest BCUT2D eigenvalue weighted by Crippen LogP contribution is 2.21. The van der Waals surface area contributed by atoms with Crippen LogP contribution in [0.5, 0.6) is 0 Å². The quantitative estimate of drug-likeness (QED) is 0.726. The lowest BCUT2D eigenvalue weighted by Gasteiger charge is -2.31. The number of nitrogens with two attached hydrogens (primary N) is 1. The smallest absolute Gasteiger partial charge is 0.248 e. The molecule has 1 fully saturated rings. The van der Waals surface area contributed by atoms with Crippen molar-refractivity contribution in [1.82, 2.24) is 10.2 Å². The number of carbonyl (C=O) groups excluding carboxylic acids is 1. The third kappa shape index (κ3) is 5.43. The zero-order chi connectivity index (χ0) is 15.8. The van der Waals surface area contributed by atoms with Gasteiger partial charge in [0.25, 0.3) is 0 Å². The van der Waals surface area contributed by atoms with Crippen molar-refractivity contribution in [1.29, 1.82) is 0 Å². The third-order valence-corrected chi connectivity index (χ3v) is 4.60. The molecule has 0 aliphatic heterocycles. The number of rotatable bonds is 8. The monoisotopic (exact) mass is 303 g/mol. The molecule has 0 unspecified atom stereocenters. The largest absolute Gasteiger partial charge is 0.366 e. The Morgan fingerprint density at radius 2 is 2.09 bits per heavy atom. The van der Waals surface area contributed by atoms with E-state index in [1.54, 1.807) is 6.07 Å². The van der Waals surface area contributed by atoms with Crippen LogP contribution in [0.2, 0.25) is 0 Å². The molecule has 2 rings (SSSR count). The zero-order valence-corrected chi connectivity index (χ0v) is 13.7. The maximum Gasteiger partial charge on any atom is 0.248 e. The Labute approximate surface area is 134 Å². The Morgan fingerprint density at radius 3 is 2.82 bits per heavy atom. The Morgan fingerprint density at radius 1 is 1.32 bits per heavy atom. The number of nitrogens with zero attached hydrogens (tertiary/aromatic N) is 1. The molecule has 0 saturated heterocycles. The number of primary amides is 1. The Bertz CT molecular complexity index is 469. The number of carbonyl (C=O) groups is 1. The van der Waals surface area contributed by atoms with Crippen LogP contribution >= 0.6 is 0 Å². The molecule has 0 heterocycles. The second-order valence-corrected chi connectivity index (χ2v) is 6.37. The molecule has 122 valence electrons. The molecule has 4 nitrogen and oxygen atoms in total. The van der Waals surface area contributed by atoms with Gasteiger partial charge in [0.05, 0.1) is 0 Å². The molecule has 0 aromatic heterocycles. The van der Waals surface area contributed by atoms with Gasteiger partial charge in [0.15, 0.2) is 0 Å². The first-order valence-corrected chi connectivity index (χ1v) is 8.46. The summed E-state index contributed by atoms with van der Waals surface area (Å²) in [4.78, 5) is 13.7. The number of hydrogen-bond donors (Lipinski definition) is 2. The maximum atomic E-state index is 11.2. The van der Waals surface area contributed by atoms with Crippen molar-refractivity contribution in [3.8, 4) is 0 Å². The van der Waals surface area contributed by atoms with Crippen molar-refractivity contribution in [3.05, 3.63) is 35.4 Å². The van der Waals surface area contributed by atoms with E-state index in [0.717, 1.165) is 37.7 Å². The normalized spacial score (nSPS) is 16.1. The standard InChI is InChI=1S/C18H29N3O/c1-21(17-9-3-2-4-10-17)12-6-11-20-14-15-7-5-8-16(13-15)18(19)22/h5,7-8,13,17,20H,2-4,6,9-12,14H2,1H3,(H2,19,22). The van der Waals surface area contributed by atoms with Crippen LogP contribution in [-0.2, 0) is 6.54 Å². The minimum absolute atomic E-state index is 0.365. The summed E-state index contributed by atoms with van der Waals surface area (Å²) in [5.74, 6) is -0.365. The van der Waals surface area contributed by atoms with E-state index in [1.807, 2.05) is 18.2 Å². The summed E-state index contributed by atoms with van der Waals surface area (Å²) in [6.45, 7) is 2.94. The van der Waals surface area contributed by atoms with Gasteiger partial charge in [-0.15, -0.1) is 0 Å². The van der Waals surface area contributed by atoms with Gasteiger partial charge < -0.3 is 16.0 Å². The molecule has 4 heteroatoms. The van der Waals surface area contributed by atoms with Gasteiger partial charge in [0.2, 0.25) is 5.91 Å². The van der Waals surface area contributed by atoms with Gasteiger partial charge in [-0.05, 0) is 57.1 Å². The van der Waals surface area contributed by atoms with Crippen molar-refractivity contribution in [3.63, 3.8) is 0 Å². The van der Waals surface area contributed by atoms with E-state index in [-0.39, 0.29) is 5.91 Å². The summed E-state index contributed by atoms with van der Waals surface area (Å²) in [6.07, 6.45) is 8.08. The first kappa shape index (κ1) is 17.0. The molecule has 0 spiro atoms. The first-order valence-electron chi connectivity index (χ1n) is 8.46. The highest BCUT2D eigenvalue weighted by atomic mass is 16.1. The topological polar surface area (TPSA) is 58.4 Å². The summed E-state index contributed by atoms with van der Waals surface area (Å²) < 4.78 is 0. The fourth-order valence-electron chi connectivity index (χ4n) is 3.23. The molecule has 1 aliphatic rings. The molecular weight excluding hydrogens is 274 g/mol. The summed E-state index contributed by atoms with van der Waals surface area (Å²) in [6, 6.07) is 8.32. The van der Waals surface area contributed by atoms with Gasteiger partial charge in [0.1, 0.15) is 0 Å². The van der Waals surface area contributed by atoms with Crippen LogP contribution in [-0.4, -0.2) is 37.0 Å². The lowest BCUT2D eigenvalue weighted by atomic mass is 9.94. The van der Waals surface area contributed by atoms with Crippen LogP contribution in [0.1, 0.15) is 54.4 Å². The molecule has 1 amide bonds. The molecule has 0 atom stereocenters. The first-order chi connectivity index (χ1) is 10.7. The van der Waals surface area contributed by atoms with E-state index in [0.29, 0.717) is 5.56 Å². The van der Waals surface area contributed by atoms with Gasteiger partial charge in [-0.3, -0.25) is 4.79 Å². The summed E-state index contributed by atoms with van der Waals surface area (Å²) in [5.41, 5.74) is 6.99. The Kier molecular flexibility index (Phi) is 6.87. The van der Waals surface area contributed by atoms with E-state index in [9.17, 15) is 4.79 Å². The zero-order valence-electron chi connectivity index (χ0n) is 13.7. The highest BCUT2D eigenvalue weighted by Gasteiger charge is 2.17. The van der Waals surface area contributed by atoms with Crippen molar-refractivity contribution < 1.29 is 4.79 Å². The van der Waals surface area contributed by atoms with Crippen LogP contribution in [0, 0.1) is 0 Å². The van der Waals surface area contributed by atoms with E-state index in [2.05, 4.69) is 17.3 Å². The lowest BCUT2D eigenvalue weighted by molar-refractivity contribution is 0.1000. The van der Waals surface area contributed by atoms with E-state index >= 15 is 0 Å². The minimum atomic E-state index is -0.365. The predicted octanol–water partition coefficient (Wildman–Crippen LogP) is 2.53. The SMILES string of the molecule is CN(CCCNCc1cccc(C(N)=O)c1)C1CCCCC1. The van der Waals surface area contributed by atoms with Crippen LogP contribution in [0.25, 0.3) is 0 Å². The fraction of sp³-hybridized carbons (Fsp3) is 0.611. The minimum Gasteiger partial charge on any atom is -0.366 e. The number of nitrogens with one attached hydrogen (secondary N) is 1. The van der Waals surface area contributed by atoms with Gasteiger partial charge in [-0.2, -0.15) is 0 Å². The second kappa shape index (κ2) is 8.91. The molecule has 1 aliphatic carbocycles. The van der Waals surface area contributed by atoms with Crippen molar-refractivity contribution >= 4 is 5.91 Å². The van der Waals surface area contributed by atoms with Crippen LogP contribution in [0.15, 0.2) is 24.3 Å². The van der Waals surface area contributed by atoms with E-state index in [1.165, 1.54) is 32.1 Å². The van der Waals surface area contributed by atoms with Gasteiger partial charge in [0, 0.05) is 18.2 Å². The van der Waals surface area contributed by atoms with E-state index < -0.39 is 0 Å². The van der Waals surface area contributed by atoms with E-state index in [4.69, 9.17) is 5.73 Å². The third-order valence-electron chi connectivity index (χ3n) is 4.60. The van der Waals surface area contributed by atoms with Crippen LogP contribution in [0.3, 0.4) is 0 Å². The molecule has 0 bridgehead atoms. The van der Waals surface area contributed by atoms with Crippen molar-refractivity contribution in [2.75, 3.05) is 20.1 Å².